The van der Waals surface area contributed by atoms with Crippen LogP contribution in [-0.2, 0) is 6.54 Å². The van der Waals surface area contributed by atoms with Crippen LogP contribution in [-0.4, -0.2) is 17.0 Å². The van der Waals surface area contributed by atoms with Crippen LogP contribution >= 0.6 is 11.6 Å². The molecule has 0 aromatic heterocycles. The van der Waals surface area contributed by atoms with Crippen LogP contribution < -0.4 is 5.32 Å². The van der Waals surface area contributed by atoms with Crippen LogP contribution in [0.2, 0.25) is 5.02 Å². The number of nitrogens with zero attached hydrogens (tertiary/aromatic N) is 1. The largest absolute Gasteiger partial charge is 0.322 e. The Hall–Kier alpha value is -2.07. The molecule has 1 aliphatic rings. The van der Waals surface area contributed by atoms with Crippen molar-refractivity contribution in [2.24, 2.45) is 0 Å². The molecule has 0 radical (unpaired) electrons. The summed E-state index contributed by atoms with van der Waals surface area (Å²) in [6.45, 7) is 0.477. The first-order chi connectivity index (χ1) is 10.6. The van der Waals surface area contributed by atoms with E-state index in [1.807, 2.05) is 0 Å². The lowest BCUT2D eigenvalue weighted by molar-refractivity contribution is 0.206. The molecule has 0 saturated heterocycles. The molecule has 2 aromatic rings. The van der Waals surface area contributed by atoms with Crippen LogP contribution in [0.5, 0.6) is 0 Å². The summed E-state index contributed by atoms with van der Waals surface area (Å²) in [7, 11) is 0. The molecule has 2 amide bonds. The first kappa shape index (κ1) is 14.9. The van der Waals surface area contributed by atoms with Crippen LogP contribution in [0.3, 0.4) is 0 Å². The summed E-state index contributed by atoms with van der Waals surface area (Å²) in [4.78, 5) is 14.3. The molecule has 22 heavy (non-hydrogen) atoms. The minimum absolute atomic E-state index is 0.144. The van der Waals surface area contributed by atoms with Crippen molar-refractivity contribution in [2.75, 3.05) is 5.32 Å². The number of nitrogens with one attached hydrogen (secondary N) is 1. The van der Waals surface area contributed by atoms with Crippen LogP contribution in [0.25, 0.3) is 0 Å². The minimum Gasteiger partial charge on any atom is -0.317 e. The third-order valence-corrected chi connectivity index (χ3v) is 3.86. The fourth-order valence-electron chi connectivity index (χ4n) is 2.27. The van der Waals surface area contributed by atoms with Gasteiger partial charge in [-0.05, 0) is 54.8 Å². The van der Waals surface area contributed by atoms with E-state index in [1.165, 1.54) is 12.1 Å². The summed E-state index contributed by atoms with van der Waals surface area (Å²) in [5, 5.41) is 3.50. The Kier molecular flexibility index (Phi) is 4.29. The van der Waals surface area contributed by atoms with Crippen molar-refractivity contribution in [3.05, 3.63) is 64.9 Å². The van der Waals surface area contributed by atoms with Gasteiger partial charge in [-0.15, -0.1) is 0 Å². The van der Waals surface area contributed by atoms with Gasteiger partial charge in [0.1, 0.15) is 5.82 Å². The van der Waals surface area contributed by atoms with Gasteiger partial charge >= 0.3 is 6.03 Å². The number of hydrogen-bond donors (Lipinski definition) is 1. The van der Waals surface area contributed by atoms with Gasteiger partial charge in [-0.25, -0.2) is 9.18 Å². The van der Waals surface area contributed by atoms with E-state index in [1.54, 1.807) is 41.3 Å². The highest BCUT2D eigenvalue weighted by Crippen LogP contribution is 2.29. The highest BCUT2D eigenvalue weighted by atomic mass is 35.5. The smallest absolute Gasteiger partial charge is 0.317 e. The van der Waals surface area contributed by atoms with Crippen LogP contribution in [0, 0.1) is 5.82 Å². The standard InChI is InChI=1S/C17H16ClFN2O/c18-13-3-7-15(8-4-13)20-17(22)21(16-9-10-16)11-12-1-5-14(19)6-2-12/h1-8,16H,9-11H2,(H,20,22). The highest BCUT2D eigenvalue weighted by molar-refractivity contribution is 6.30. The third kappa shape index (κ3) is 3.77. The predicted octanol–water partition coefficient (Wildman–Crippen LogP) is 4.68. The fraction of sp³-hybridized carbons (Fsp3) is 0.235. The van der Waals surface area contributed by atoms with Crippen molar-refractivity contribution >= 4 is 23.3 Å². The van der Waals surface area contributed by atoms with Gasteiger partial charge in [-0.1, -0.05) is 23.7 Å². The molecule has 1 aliphatic carbocycles. The lowest BCUT2D eigenvalue weighted by Crippen LogP contribution is -2.36. The van der Waals surface area contributed by atoms with Crippen LogP contribution in [0.4, 0.5) is 14.9 Å². The number of carbonyl (C=O) groups excluding carboxylic acids is 1. The normalized spacial score (nSPS) is 13.7. The van der Waals surface area contributed by atoms with Crippen molar-refractivity contribution < 1.29 is 9.18 Å². The Morgan fingerprint density at radius 2 is 1.77 bits per heavy atom. The van der Waals surface area contributed by atoms with E-state index in [-0.39, 0.29) is 17.9 Å². The number of carbonyl (C=O) groups is 1. The Balaban J connectivity index is 1.69. The van der Waals surface area contributed by atoms with E-state index >= 15 is 0 Å². The maximum absolute atomic E-state index is 13.0. The van der Waals surface area contributed by atoms with Crippen LogP contribution in [0.1, 0.15) is 18.4 Å². The number of benzene rings is 2. The lowest BCUT2D eigenvalue weighted by atomic mass is 10.2. The Bertz CT molecular complexity index is 653. The molecule has 3 nitrogen and oxygen atoms in total. The van der Waals surface area contributed by atoms with Gasteiger partial charge in [0, 0.05) is 23.3 Å². The molecule has 0 aliphatic heterocycles. The minimum atomic E-state index is -0.271. The molecule has 0 bridgehead atoms. The Morgan fingerprint density at radius 3 is 2.36 bits per heavy atom. The summed E-state index contributed by atoms with van der Waals surface area (Å²) in [5.74, 6) is -0.271. The zero-order chi connectivity index (χ0) is 15.5. The second kappa shape index (κ2) is 6.36. The number of urea groups is 1. The Labute approximate surface area is 133 Å². The first-order valence-corrected chi connectivity index (χ1v) is 7.57. The Morgan fingerprint density at radius 1 is 1.14 bits per heavy atom. The molecule has 0 unspecified atom stereocenters. The molecular weight excluding hydrogens is 303 g/mol. The zero-order valence-corrected chi connectivity index (χ0v) is 12.7. The van der Waals surface area contributed by atoms with Crippen molar-refractivity contribution in [3.8, 4) is 0 Å². The van der Waals surface area contributed by atoms with E-state index < -0.39 is 0 Å². The zero-order valence-electron chi connectivity index (χ0n) is 11.9. The summed E-state index contributed by atoms with van der Waals surface area (Å²) in [5.41, 5.74) is 1.62. The van der Waals surface area contributed by atoms with Gasteiger partial charge in [-0.3, -0.25) is 0 Å². The summed E-state index contributed by atoms with van der Waals surface area (Å²) < 4.78 is 13.0. The van der Waals surface area contributed by atoms with Gasteiger partial charge in [0.25, 0.3) is 0 Å². The molecule has 0 heterocycles. The quantitative estimate of drug-likeness (QED) is 0.872. The summed E-state index contributed by atoms with van der Waals surface area (Å²) in [6, 6.07) is 13.4. The highest BCUT2D eigenvalue weighted by Gasteiger charge is 2.32. The van der Waals surface area contributed by atoms with Gasteiger partial charge < -0.3 is 10.2 Å². The van der Waals surface area contributed by atoms with Crippen molar-refractivity contribution in [1.29, 1.82) is 0 Å². The maximum Gasteiger partial charge on any atom is 0.322 e. The van der Waals surface area contributed by atoms with Crippen molar-refractivity contribution in [3.63, 3.8) is 0 Å². The molecule has 0 atom stereocenters. The molecule has 1 N–H and O–H groups in total. The van der Waals surface area contributed by atoms with E-state index in [2.05, 4.69) is 5.32 Å². The molecule has 0 spiro atoms. The SMILES string of the molecule is O=C(Nc1ccc(Cl)cc1)N(Cc1ccc(F)cc1)C1CC1. The second-order valence-corrected chi connectivity index (χ2v) is 5.86. The van der Waals surface area contributed by atoms with E-state index in [4.69, 9.17) is 11.6 Å². The van der Waals surface area contributed by atoms with Gasteiger partial charge in [0.05, 0.1) is 0 Å². The molecule has 5 heteroatoms. The van der Waals surface area contributed by atoms with Gasteiger partial charge in [0.2, 0.25) is 0 Å². The summed E-state index contributed by atoms with van der Waals surface area (Å²) in [6.07, 6.45) is 2.02. The monoisotopic (exact) mass is 318 g/mol. The molecule has 114 valence electrons. The average molecular weight is 319 g/mol. The maximum atomic E-state index is 13.0. The van der Waals surface area contributed by atoms with Crippen LogP contribution in [0.15, 0.2) is 48.5 Å². The predicted molar refractivity (Wildman–Crippen MR) is 85.4 cm³/mol. The van der Waals surface area contributed by atoms with E-state index in [0.717, 1.165) is 18.4 Å². The molecule has 1 fully saturated rings. The van der Waals surface area contributed by atoms with Crippen molar-refractivity contribution in [1.82, 2.24) is 4.90 Å². The lowest BCUT2D eigenvalue weighted by Gasteiger charge is -2.23. The fourth-order valence-corrected chi connectivity index (χ4v) is 2.39. The number of anilines is 1. The van der Waals surface area contributed by atoms with E-state index in [9.17, 15) is 9.18 Å². The van der Waals surface area contributed by atoms with Crippen molar-refractivity contribution in [2.45, 2.75) is 25.4 Å². The summed E-state index contributed by atoms with van der Waals surface area (Å²) >= 11 is 5.84. The second-order valence-electron chi connectivity index (χ2n) is 5.42. The molecule has 3 rings (SSSR count). The number of hydrogen-bond acceptors (Lipinski definition) is 1. The number of halogens is 2. The molecule has 1 saturated carbocycles. The first-order valence-electron chi connectivity index (χ1n) is 7.19. The van der Waals surface area contributed by atoms with Gasteiger partial charge in [0.15, 0.2) is 0 Å². The topological polar surface area (TPSA) is 32.3 Å². The van der Waals surface area contributed by atoms with E-state index in [0.29, 0.717) is 17.3 Å². The number of rotatable bonds is 4. The average Bonchev–Trinajstić information content (AvgIpc) is 3.33. The molecule has 2 aromatic carbocycles. The number of amides is 2. The van der Waals surface area contributed by atoms with Gasteiger partial charge in [-0.2, -0.15) is 0 Å². The molecular formula is C17H16ClFN2O. The third-order valence-electron chi connectivity index (χ3n) is 3.61.